The Kier molecular flexibility index (Phi) is 4.70. The van der Waals surface area contributed by atoms with Crippen molar-refractivity contribution in [1.29, 1.82) is 0 Å². The van der Waals surface area contributed by atoms with E-state index >= 15 is 0 Å². The Balaban J connectivity index is 2.24. The van der Waals surface area contributed by atoms with E-state index in [0.29, 0.717) is 28.7 Å². The number of hydrogen-bond donors (Lipinski definition) is 2. The van der Waals surface area contributed by atoms with Gasteiger partial charge in [-0.3, -0.25) is 0 Å². The highest BCUT2D eigenvalue weighted by Gasteiger charge is 2.10. The summed E-state index contributed by atoms with van der Waals surface area (Å²) in [6.45, 7) is 0.428. The van der Waals surface area contributed by atoms with Crippen LogP contribution in [0.1, 0.15) is 11.1 Å². The minimum absolute atomic E-state index is 0.258. The molecule has 0 saturated carbocycles. The van der Waals surface area contributed by atoms with E-state index in [-0.39, 0.29) is 4.99 Å². The van der Waals surface area contributed by atoms with Gasteiger partial charge in [-0.1, -0.05) is 29.9 Å². The highest BCUT2D eigenvalue weighted by Crippen LogP contribution is 2.27. The molecule has 0 aliphatic carbocycles. The minimum Gasteiger partial charge on any atom is -0.496 e. The first-order chi connectivity index (χ1) is 9.63. The van der Waals surface area contributed by atoms with Crippen molar-refractivity contribution in [1.82, 2.24) is 10.2 Å². The van der Waals surface area contributed by atoms with Gasteiger partial charge in [-0.05, 0) is 18.2 Å². The number of anilines is 1. The maximum absolute atomic E-state index is 6.17. The molecule has 5 nitrogen and oxygen atoms in total. The average molecular weight is 309 g/mol. The van der Waals surface area contributed by atoms with Crippen molar-refractivity contribution < 1.29 is 4.74 Å². The van der Waals surface area contributed by atoms with E-state index in [1.54, 1.807) is 19.2 Å². The number of rotatable bonds is 5. The first-order valence-corrected chi connectivity index (χ1v) is 6.59. The number of halogens is 1. The number of aromatic nitrogens is 2. The number of methoxy groups -OCH3 is 1. The molecule has 0 aliphatic rings. The van der Waals surface area contributed by atoms with Crippen LogP contribution in [0.3, 0.4) is 0 Å². The molecule has 3 N–H and O–H groups in total. The number of nitrogens with one attached hydrogen (secondary N) is 1. The monoisotopic (exact) mass is 308 g/mol. The van der Waals surface area contributed by atoms with Gasteiger partial charge in [-0.2, -0.15) is 5.10 Å². The lowest BCUT2D eigenvalue weighted by atomic mass is 10.2. The van der Waals surface area contributed by atoms with Gasteiger partial charge in [0.05, 0.1) is 18.9 Å². The molecule has 0 radical (unpaired) electrons. The SMILES string of the molecule is COc1cccc(Cl)c1CNc1nnccc1C(N)=S. The molecular weight excluding hydrogens is 296 g/mol. The van der Waals surface area contributed by atoms with Crippen LogP contribution in [0.4, 0.5) is 5.82 Å². The van der Waals surface area contributed by atoms with E-state index in [4.69, 9.17) is 34.3 Å². The van der Waals surface area contributed by atoms with E-state index < -0.39 is 0 Å². The predicted octanol–water partition coefficient (Wildman–Crippen LogP) is 2.38. The van der Waals surface area contributed by atoms with Crippen molar-refractivity contribution in [3.05, 3.63) is 46.6 Å². The lowest BCUT2D eigenvalue weighted by molar-refractivity contribution is 0.410. The van der Waals surface area contributed by atoms with Crippen LogP contribution in [0, 0.1) is 0 Å². The van der Waals surface area contributed by atoms with Crippen LogP contribution in [-0.2, 0) is 6.54 Å². The van der Waals surface area contributed by atoms with Crippen molar-refractivity contribution in [2.24, 2.45) is 5.73 Å². The van der Waals surface area contributed by atoms with Crippen molar-refractivity contribution in [3.63, 3.8) is 0 Å². The number of ether oxygens (including phenoxy) is 1. The fourth-order valence-electron chi connectivity index (χ4n) is 1.73. The molecule has 104 valence electrons. The Morgan fingerprint density at radius 3 is 2.95 bits per heavy atom. The normalized spacial score (nSPS) is 10.1. The first kappa shape index (κ1) is 14.5. The summed E-state index contributed by atoms with van der Waals surface area (Å²) >= 11 is 11.1. The summed E-state index contributed by atoms with van der Waals surface area (Å²) < 4.78 is 5.28. The van der Waals surface area contributed by atoms with E-state index in [2.05, 4.69) is 15.5 Å². The largest absolute Gasteiger partial charge is 0.496 e. The maximum Gasteiger partial charge on any atom is 0.159 e. The third kappa shape index (κ3) is 3.15. The third-order valence-corrected chi connectivity index (χ3v) is 3.29. The van der Waals surface area contributed by atoms with Crippen LogP contribution in [0.2, 0.25) is 5.02 Å². The number of hydrogen-bond acceptors (Lipinski definition) is 5. The van der Waals surface area contributed by atoms with Crippen LogP contribution in [0.15, 0.2) is 30.5 Å². The Bertz CT molecular complexity index is 636. The molecule has 2 rings (SSSR count). The zero-order chi connectivity index (χ0) is 14.5. The number of nitrogens with two attached hydrogens (primary N) is 1. The highest BCUT2D eigenvalue weighted by atomic mass is 35.5. The van der Waals surface area contributed by atoms with Gasteiger partial charge < -0.3 is 15.8 Å². The van der Waals surface area contributed by atoms with Crippen LogP contribution in [0.25, 0.3) is 0 Å². The van der Waals surface area contributed by atoms with Crippen molar-refractivity contribution in [2.75, 3.05) is 12.4 Å². The molecule has 0 amide bonds. The van der Waals surface area contributed by atoms with E-state index in [1.165, 1.54) is 6.20 Å². The molecule has 2 aromatic rings. The van der Waals surface area contributed by atoms with Crippen molar-refractivity contribution in [3.8, 4) is 5.75 Å². The summed E-state index contributed by atoms with van der Waals surface area (Å²) in [5, 5.41) is 11.5. The van der Waals surface area contributed by atoms with Crippen LogP contribution in [-0.4, -0.2) is 22.3 Å². The molecule has 0 unspecified atom stereocenters. The summed E-state index contributed by atoms with van der Waals surface area (Å²) in [4.78, 5) is 0.258. The number of thiocarbonyl (C=S) groups is 1. The third-order valence-electron chi connectivity index (χ3n) is 2.71. The molecule has 1 aromatic carbocycles. The second kappa shape index (κ2) is 6.49. The van der Waals surface area contributed by atoms with Crippen LogP contribution in [0.5, 0.6) is 5.75 Å². The molecule has 0 fully saturated rings. The van der Waals surface area contributed by atoms with Crippen LogP contribution >= 0.6 is 23.8 Å². The minimum atomic E-state index is 0.258. The van der Waals surface area contributed by atoms with E-state index in [9.17, 15) is 0 Å². The Morgan fingerprint density at radius 1 is 1.45 bits per heavy atom. The summed E-state index contributed by atoms with van der Waals surface area (Å²) in [6, 6.07) is 7.18. The van der Waals surface area contributed by atoms with E-state index in [1.807, 2.05) is 12.1 Å². The maximum atomic E-state index is 6.17. The fraction of sp³-hybridized carbons (Fsp3) is 0.154. The van der Waals surface area contributed by atoms with Gasteiger partial charge in [0.1, 0.15) is 10.7 Å². The zero-order valence-electron chi connectivity index (χ0n) is 10.8. The topological polar surface area (TPSA) is 73.1 Å². The lowest BCUT2D eigenvalue weighted by Gasteiger charge is -2.13. The summed E-state index contributed by atoms with van der Waals surface area (Å²) in [7, 11) is 1.60. The van der Waals surface area contributed by atoms with Gasteiger partial charge >= 0.3 is 0 Å². The predicted molar refractivity (Wildman–Crippen MR) is 83.3 cm³/mol. The quantitative estimate of drug-likeness (QED) is 0.826. The van der Waals surface area contributed by atoms with Crippen molar-refractivity contribution in [2.45, 2.75) is 6.54 Å². The summed E-state index contributed by atoms with van der Waals surface area (Å²) in [5.74, 6) is 1.22. The smallest absolute Gasteiger partial charge is 0.159 e. The lowest BCUT2D eigenvalue weighted by Crippen LogP contribution is -2.15. The molecule has 0 aliphatic heterocycles. The number of benzene rings is 1. The van der Waals surface area contributed by atoms with Crippen molar-refractivity contribution >= 4 is 34.6 Å². The number of nitrogens with zero attached hydrogens (tertiary/aromatic N) is 2. The Morgan fingerprint density at radius 2 is 2.25 bits per heavy atom. The zero-order valence-corrected chi connectivity index (χ0v) is 12.3. The standard InChI is InChI=1S/C13H13ClN4OS/c1-19-11-4-2-3-10(14)9(11)7-16-13-8(12(15)20)5-6-17-18-13/h2-6H,7H2,1H3,(H2,15,20)(H,16,18). The molecule has 20 heavy (non-hydrogen) atoms. The van der Waals surface area contributed by atoms with E-state index in [0.717, 1.165) is 5.56 Å². The molecule has 0 bridgehead atoms. The van der Waals surface area contributed by atoms with Gasteiger partial charge in [-0.15, -0.1) is 5.10 Å². The molecule has 1 heterocycles. The van der Waals surface area contributed by atoms with Gasteiger partial charge in [0.25, 0.3) is 0 Å². The van der Waals surface area contributed by atoms with Gasteiger partial charge in [-0.25, -0.2) is 0 Å². The molecule has 0 atom stereocenters. The highest BCUT2D eigenvalue weighted by molar-refractivity contribution is 7.80. The summed E-state index contributed by atoms with van der Waals surface area (Å²) in [6.07, 6.45) is 1.54. The Hall–Kier alpha value is -1.92. The van der Waals surface area contributed by atoms with Gasteiger partial charge in [0.2, 0.25) is 0 Å². The first-order valence-electron chi connectivity index (χ1n) is 5.80. The molecule has 7 heteroatoms. The second-order valence-corrected chi connectivity index (χ2v) is 4.78. The van der Waals surface area contributed by atoms with Gasteiger partial charge in [0, 0.05) is 17.1 Å². The Labute approximate surface area is 127 Å². The molecule has 1 aromatic heterocycles. The molecule has 0 spiro atoms. The fourth-order valence-corrected chi connectivity index (χ4v) is 2.13. The molecular formula is C13H13ClN4OS. The average Bonchev–Trinajstić information content (AvgIpc) is 2.46. The van der Waals surface area contributed by atoms with Gasteiger partial charge in [0.15, 0.2) is 5.82 Å². The second-order valence-electron chi connectivity index (χ2n) is 3.93. The van der Waals surface area contributed by atoms with Crippen LogP contribution < -0.4 is 15.8 Å². The molecule has 0 saturated heterocycles. The summed E-state index contributed by atoms with van der Waals surface area (Å²) in [5.41, 5.74) is 7.11.